The van der Waals surface area contributed by atoms with Crippen LogP contribution in [0.3, 0.4) is 0 Å². The van der Waals surface area contributed by atoms with Crippen LogP contribution in [0.25, 0.3) is 0 Å². The highest BCUT2D eigenvalue weighted by molar-refractivity contribution is 5.79. The lowest BCUT2D eigenvalue weighted by Gasteiger charge is -2.48. The first-order chi connectivity index (χ1) is 13.2. The summed E-state index contributed by atoms with van der Waals surface area (Å²) in [7, 11) is 3.25. The molecule has 1 amide bonds. The molecule has 1 aromatic rings. The molecule has 6 nitrogen and oxygen atoms in total. The predicted molar refractivity (Wildman–Crippen MR) is 104 cm³/mol. The van der Waals surface area contributed by atoms with E-state index in [4.69, 9.17) is 14.2 Å². The first kappa shape index (κ1) is 20.0. The summed E-state index contributed by atoms with van der Waals surface area (Å²) in [6.07, 6.45) is 6.35. The second-order valence-corrected chi connectivity index (χ2v) is 7.52. The Morgan fingerprint density at radius 1 is 1.15 bits per heavy atom. The van der Waals surface area contributed by atoms with E-state index in [2.05, 4.69) is 10.2 Å². The lowest BCUT2D eigenvalue weighted by Crippen LogP contribution is -2.59. The molecule has 0 unspecified atom stereocenters. The number of nitrogens with zero attached hydrogens (tertiary/aromatic N) is 1. The number of nitrogens with one attached hydrogen (secondary N) is 1. The van der Waals surface area contributed by atoms with Gasteiger partial charge in [-0.05, 0) is 31.0 Å². The van der Waals surface area contributed by atoms with Crippen molar-refractivity contribution in [3.8, 4) is 11.5 Å². The number of carbonyl (C=O) groups is 1. The zero-order valence-corrected chi connectivity index (χ0v) is 16.6. The highest BCUT2D eigenvalue weighted by atomic mass is 16.5. The van der Waals surface area contributed by atoms with Gasteiger partial charge in [0.05, 0.1) is 33.9 Å². The standard InChI is InChI=1S/C21H32N2O4/c1-25-18-6-7-19(26-2)17(14-18)15-20(24)22-16-21(8-4-3-5-9-21)23-10-12-27-13-11-23/h6-7,14H,3-5,8-13,15-16H2,1-2H3,(H,22,24). The highest BCUT2D eigenvalue weighted by Gasteiger charge is 2.38. The lowest BCUT2D eigenvalue weighted by atomic mass is 9.79. The van der Waals surface area contributed by atoms with Crippen molar-refractivity contribution < 1.29 is 19.0 Å². The first-order valence-electron chi connectivity index (χ1n) is 9.97. The van der Waals surface area contributed by atoms with Gasteiger partial charge in [-0.3, -0.25) is 9.69 Å². The third kappa shape index (κ3) is 4.93. The molecule has 0 radical (unpaired) electrons. The maximum atomic E-state index is 12.7. The van der Waals surface area contributed by atoms with E-state index in [1.54, 1.807) is 14.2 Å². The van der Waals surface area contributed by atoms with Crippen LogP contribution in [0.2, 0.25) is 0 Å². The first-order valence-corrected chi connectivity index (χ1v) is 9.97. The second-order valence-electron chi connectivity index (χ2n) is 7.52. The quantitative estimate of drug-likeness (QED) is 0.792. The summed E-state index contributed by atoms with van der Waals surface area (Å²) in [5, 5.41) is 3.21. The van der Waals surface area contributed by atoms with Crippen molar-refractivity contribution in [3.05, 3.63) is 23.8 Å². The molecule has 27 heavy (non-hydrogen) atoms. The van der Waals surface area contributed by atoms with Gasteiger partial charge in [-0.25, -0.2) is 0 Å². The lowest BCUT2D eigenvalue weighted by molar-refractivity contribution is -0.121. The average Bonchev–Trinajstić information content (AvgIpc) is 2.73. The minimum atomic E-state index is 0.0276. The van der Waals surface area contributed by atoms with Crippen LogP contribution in [0, 0.1) is 0 Å². The van der Waals surface area contributed by atoms with E-state index >= 15 is 0 Å². The van der Waals surface area contributed by atoms with Crippen molar-refractivity contribution in [2.45, 2.75) is 44.1 Å². The number of hydrogen-bond acceptors (Lipinski definition) is 5. The number of morpholine rings is 1. The molecule has 2 fully saturated rings. The van der Waals surface area contributed by atoms with E-state index in [9.17, 15) is 4.79 Å². The highest BCUT2D eigenvalue weighted by Crippen LogP contribution is 2.34. The van der Waals surface area contributed by atoms with Gasteiger partial charge in [0.25, 0.3) is 0 Å². The molecular weight excluding hydrogens is 344 g/mol. The van der Waals surface area contributed by atoms with Crippen molar-refractivity contribution in [3.63, 3.8) is 0 Å². The van der Waals surface area contributed by atoms with Crippen molar-refractivity contribution in [2.75, 3.05) is 47.1 Å². The molecule has 150 valence electrons. The van der Waals surface area contributed by atoms with Gasteiger partial charge in [-0.15, -0.1) is 0 Å². The molecule has 0 bridgehead atoms. The molecule has 1 saturated carbocycles. The van der Waals surface area contributed by atoms with Crippen LogP contribution >= 0.6 is 0 Å². The number of carbonyl (C=O) groups excluding carboxylic acids is 1. The fourth-order valence-corrected chi connectivity index (χ4v) is 4.37. The van der Waals surface area contributed by atoms with E-state index in [1.807, 2.05) is 18.2 Å². The minimum Gasteiger partial charge on any atom is -0.497 e. The monoisotopic (exact) mass is 376 g/mol. The van der Waals surface area contributed by atoms with Gasteiger partial charge in [-0.1, -0.05) is 19.3 Å². The zero-order valence-electron chi connectivity index (χ0n) is 16.6. The maximum absolute atomic E-state index is 12.7. The Balaban J connectivity index is 1.64. The van der Waals surface area contributed by atoms with Gasteiger partial charge in [0.1, 0.15) is 11.5 Å². The third-order valence-electron chi connectivity index (χ3n) is 5.92. The van der Waals surface area contributed by atoms with E-state index in [0.717, 1.165) is 50.5 Å². The number of ether oxygens (including phenoxy) is 3. The summed E-state index contributed by atoms with van der Waals surface area (Å²) < 4.78 is 16.2. The normalized spacial score (nSPS) is 20.1. The van der Waals surface area contributed by atoms with Gasteiger partial charge in [0.15, 0.2) is 0 Å². The summed E-state index contributed by atoms with van der Waals surface area (Å²) in [6.45, 7) is 4.20. The molecule has 1 saturated heterocycles. The van der Waals surface area contributed by atoms with Crippen LogP contribution in [0.5, 0.6) is 11.5 Å². The molecule has 3 rings (SSSR count). The number of benzene rings is 1. The Morgan fingerprint density at radius 3 is 2.56 bits per heavy atom. The van der Waals surface area contributed by atoms with Crippen LogP contribution < -0.4 is 14.8 Å². The van der Waals surface area contributed by atoms with Crippen LogP contribution in [0.4, 0.5) is 0 Å². The molecule has 2 aliphatic rings. The largest absolute Gasteiger partial charge is 0.497 e. The SMILES string of the molecule is COc1ccc(OC)c(CC(=O)NCC2(N3CCOCC3)CCCCC2)c1. The van der Waals surface area contributed by atoms with Gasteiger partial charge >= 0.3 is 0 Å². The summed E-state index contributed by atoms with van der Waals surface area (Å²) in [6, 6.07) is 5.56. The molecule has 0 aromatic heterocycles. The molecule has 1 aliphatic carbocycles. The van der Waals surface area contributed by atoms with Crippen LogP contribution in [0.15, 0.2) is 18.2 Å². The van der Waals surface area contributed by atoms with E-state index in [0.29, 0.717) is 18.7 Å². The molecule has 0 spiro atoms. The molecule has 0 atom stereocenters. The van der Waals surface area contributed by atoms with Crippen molar-refractivity contribution in [2.24, 2.45) is 0 Å². The van der Waals surface area contributed by atoms with Crippen molar-refractivity contribution in [1.29, 1.82) is 0 Å². The maximum Gasteiger partial charge on any atom is 0.224 e. The molecule has 6 heteroatoms. The molecule has 1 aromatic carbocycles. The topological polar surface area (TPSA) is 60.0 Å². The Bertz CT molecular complexity index is 623. The third-order valence-corrected chi connectivity index (χ3v) is 5.92. The summed E-state index contributed by atoms with van der Waals surface area (Å²) in [4.78, 5) is 15.2. The van der Waals surface area contributed by atoms with Gasteiger partial charge in [0.2, 0.25) is 5.91 Å². The molecule has 1 heterocycles. The van der Waals surface area contributed by atoms with Crippen molar-refractivity contribution in [1.82, 2.24) is 10.2 Å². The van der Waals surface area contributed by atoms with Gasteiger partial charge in [-0.2, -0.15) is 0 Å². The fraction of sp³-hybridized carbons (Fsp3) is 0.667. The van der Waals surface area contributed by atoms with Crippen LogP contribution in [-0.2, 0) is 16.0 Å². The number of rotatable bonds is 7. The van der Waals surface area contributed by atoms with Crippen LogP contribution in [-0.4, -0.2) is 63.4 Å². The Morgan fingerprint density at radius 2 is 1.89 bits per heavy atom. The van der Waals surface area contributed by atoms with E-state index < -0.39 is 0 Å². The van der Waals surface area contributed by atoms with E-state index in [-0.39, 0.29) is 11.4 Å². The summed E-state index contributed by atoms with van der Waals surface area (Å²) in [5.74, 6) is 1.47. The Kier molecular flexibility index (Phi) is 6.96. The fourth-order valence-electron chi connectivity index (χ4n) is 4.37. The number of hydrogen-bond donors (Lipinski definition) is 1. The Hall–Kier alpha value is -1.79. The Labute approximate surface area is 162 Å². The molecular formula is C21H32N2O4. The molecule has 1 aliphatic heterocycles. The van der Waals surface area contributed by atoms with E-state index in [1.165, 1.54) is 19.3 Å². The summed E-state index contributed by atoms with van der Waals surface area (Å²) >= 11 is 0. The average molecular weight is 376 g/mol. The predicted octanol–water partition coefficient (Wildman–Crippen LogP) is 2.40. The van der Waals surface area contributed by atoms with Crippen LogP contribution in [0.1, 0.15) is 37.7 Å². The smallest absolute Gasteiger partial charge is 0.224 e. The second kappa shape index (κ2) is 9.42. The van der Waals surface area contributed by atoms with Gasteiger partial charge < -0.3 is 19.5 Å². The molecule has 1 N–H and O–H groups in total. The van der Waals surface area contributed by atoms with Gasteiger partial charge in [0, 0.05) is 30.7 Å². The number of amides is 1. The number of methoxy groups -OCH3 is 2. The van der Waals surface area contributed by atoms with Crippen molar-refractivity contribution >= 4 is 5.91 Å². The summed E-state index contributed by atoms with van der Waals surface area (Å²) in [5.41, 5.74) is 0.925. The minimum absolute atomic E-state index is 0.0276. The zero-order chi connectivity index (χ0) is 19.1.